The van der Waals surface area contributed by atoms with Gasteiger partial charge in [0.25, 0.3) is 15.9 Å². The minimum atomic E-state index is -4.09. The Kier molecular flexibility index (Phi) is 8.26. The van der Waals surface area contributed by atoms with Crippen molar-refractivity contribution in [2.24, 2.45) is 5.10 Å². The minimum absolute atomic E-state index is 0.0368. The van der Waals surface area contributed by atoms with Gasteiger partial charge in [-0.1, -0.05) is 53.6 Å². The van der Waals surface area contributed by atoms with Crippen LogP contribution in [-0.4, -0.2) is 32.5 Å². The number of carbonyl (C=O) groups excluding carboxylic acids is 2. The van der Waals surface area contributed by atoms with Gasteiger partial charge in [0.05, 0.1) is 21.3 Å². The minimum Gasteiger partial charge on any atom is -0.326 e. The zero-order chi connectivity index (χ0) is 25.6. The molecule has 2 amide bonds. The fourth-order valence-corrected chi connectivity index (χ4v) is 4.89. The third-order valence-corrected chi connectivity index (χ3v) is 7.08. The maximum absolute atomic E-state index is 13.4. The summed E-state index contributed by atoms with van der Waals surface area (Å²) in [6.45, 7) is 4.44. The summed E-state index contributed by atoms with van der Waals surface area (Å²) in [5, 5.41) is 6.96. The molecule has 8 nitrogen and oxygen atoms in total. The quantitative estimate of drug-likeness (QED) is 0.345. The summed E-state index contributed by atoms with van der Waals surface area (Å²) in [5.74, 6) is -0.825. The van der Waals surface area contributed by atoms with E-state index in [-0.39, 0.29) is 21.5 Å². The van der Waals surface area contributed by atoms with E-state index in [9.17, 15) is 18.0 Å². The molecule has 0 atom stereocenters. The number of anilines is 2. The van der Waals surface area contributed by atoms with Crippen LogP contribution in [-0.2, 0) is 19.6 Å². The molecule has 0 aliphatic heterocycles. The van der Waals surface area contributed by atoms with Crippen molar-refractivity contribution in [1.29, 1.82) is 0 Å². The lowest BCUT2D eigenvalue weighted by Gasteiger charge is -2.24. The van der Waals surface area contributed by atoms with E-state index < -0.39 is 22.5 Å². The van der Waals surface area contributed by atoms with Gasteiger partial charge in [0.15, 0.2) is 0 Å². The number of hydrogen-bond donors (Lipinski definition) is 2. The first-order valence-corrected chi connectivity index (χ1v) is 12.4. The number of sulfonamides is 1. The Morgan fingerprint density at radius 1 is 0.943 bits per heavy atom. The predicted molar refractivity (Wildman–Crippen MR) is 138 cm³/mol. The molecule has 0 heterocycles. The summed E-state index contributed by atoms with van der Waals surface area (Å²) in [6, 6.07) is 19.7. The number of halogens is 1. The van der Waals surface area contributed by atoms with Gasteiger partial charge in [0.1, 0.15) is 6.54 Å². The van der Waals surface area contributed by atoms with Gasteiger partial charge < -0.3 is 5.32 Å². The van der Waals surface area contributed by atoms with Crippen molar-refractivity contribution in [2.45, 2.75) is 25.7 Å². The van der Waals surface area contributed by atoms with E-state index >= 15 is 0 Å². The Morgan fingerprint density at radius 2 is 1.57 bits per heavy atom. The van der Waals surface area contributed by atoms with Crippen LogP contribution >= 0.6 is 11.6 Å². The molecule has 0 aromatic heterocycles. The second kappa shape index (κ2) is 11.2. The van der Waals surface area contributed by atoms with E-state index in [0.29, 0.717) is 11.4 Å². The highest BCUT2D eigenvalue weighted by atomic mass is 35.5. The van der Waals surface area contributed by atoms with Crippen LogP contribution in [0, 0.1) is 6.92 Å². The maximum Gasteiger partial charge on any atom is 0.264 e. The first kappa shape index (κ1) is 25.9. The van der Waals surface area contributed by atoms with E-state index in [1.807, 2.05) is 6.92 Å². The van der Waals surface area contributed by atoms with Gasteiger partial charge in [0.2, 0.25) is 5.91 Å². The van der Waals surface area contributed by atoms with Gasteiger partial charge in [-0.3, -0.25) is 13.9 Å². The molecule has 3 rings (SSSR count). The summed E-state index contributed by atoms with van der Waals surface area (Å²) < 4.78 is 27.8. The first-order chi connectivity index (χ1) is 16.6. The van der Waals surface area contributed by atoms with Crippen molar-refractivity contribution >= 4 is 50.5 Å². The largest absolute Gasteiger partial charge is 0.326 e. The fourth-order valence-electron chi connectivity index (χ4n) is 3.17. The van der Waals surface area contributed by atoms with E-state index in [1.54, 1.807) is 61.5 Å². The summed E-state index contributed by atoms with van der Waals surface area (Å²) in [5.41, 5.74) is 5.34. The van der Waals surface area contributed by atoms with Crippen molar-refractivity contribution < 1.29 is 18.0 Å². The molecule has 3 aromatic rings. The molecule has 0 spiro atoms. The number of nitrogens with zero attached hydrogens (tertiary/aromatic N) is 2. The molecule has 0 saturated carbocycles. The average molecular weight is 513 g/mol. The molecule has 10 heteroatoms. The van der Waals surface area contributed by atoms with Gasteiger partial charge in [0, 0.05) is 12.6 Å². The number of carbonyl (C=O) groups is 2. The topological polar surface area (TPSA) is 108 Å². The third-order valence-electron chi connectivity index (χ3n) is 4.99. The Labute approximate surface area is 209 Å². The summed E-state index contributed by atoms with van der Waals surface area (Å²) in [7, 11) is -4.09. The number of rotatable bonds is 8. The number of hydrogen-bond acceptors (Lipinski definition) is 5. The second-order valence-corrected chi connectivity index (χ2v) is 10.0. The zero-order valence-electron chi connectivity index (χ0n) is 19.4. The summed E-state index contributed by atoms with van der Waals surface area (Å²) in [4.78, 5) is 24.0. The lowest BCUT2D eigenvalue weighted by atomic mass is 10.1. The van der Waals surface area contributed by atoms with E-state index in [2.05, 4.69) is 15.8 Å². The highest BCUT2D eigenvalue weighted by Crippen LogP contribution is 2.30. The number of nitrogens with one attached hydrogen (secondary N) is 2. The van der Waals surface area contributed by atoms with Crippen LogP contribution in [0.5, 0.6) is 0 Å². The molecule has 0 radical (unpaired) electrons. The van der Waals surface area contributed by atoms with Crippen LogP contribution in [0.3, 0.4) is 0 Å². The zero-order valence-corrected chi connectivity index (χ0v) is 21.0. The second-order valence-electron chi connectivity index (χ2n) is 7.77. The van der Waals surface area contributed by atoms with Crippen molar-refractivity contribution in [3.05, 3.63) is 88.9 Å². The first-order valence-electron chi connectivity index (χ1n) is 10.6. The van der Waals surface area contributed by atoms with Gasteiger partial charge >= 0.3 is 0 Å². The SMILES string of the molecule is CC(=O)Nc1ccc(/C(C)=N\NC(=O)CN(c2ccccc2Cl)S(=O)(=O)c2ccc(C)cc2)cc1. The Morgan fingerprint density at radius 3 is 2.17 bits per heavy atom. The maximum atomic E-state index is 13.4. The van der Waals surface area contributed by atoms with E-state index in [0.717, 1.165) is 15.4 Å². The molecular formula is C25H25ClN4O4S. The molecule has 35 heavy (non-hydrogen) atoms. The predicted octanol–water partition coefficient (Wildman–Crippen LogP) is 4.34. The van der Waals surface area contributed by atoms with E-state index in [1.165, 1.54) is 25.1 Å². The molecule has 0 aliphatic carbocycles. The highest BCUT2D eigenvalue weighted by Gasteiger charge is 2.28. The number of hydrazone groups is 1. The molecular weight excluding hydrogens is 488 g/mol. The van der Waals surface area contributed by atoms with Crippen molar-refractivity contribution in [3.8, 4) is 0 Å². The van der Waals surface area contributed by atoms with Gasteiger partial charge in [-0.2, -0.15) is 5.10 Å². The number of para-hydroxylation sites is 1. The molecule has 0 fully saturated rings. The Balaban J connectivity index is 1.82. The Hall–Kier alpha value is -3.69. The Bertz CT molecular complexity index is 1350. The van der Waals surface area contributed by atoms with Crippen molar-refractivity contribution in [3.63, 3.8) is 0 Å². The van der Waals surface area contributed by atoms with Crippen LogP contribution in [0.15, 0.2) is 82.8 Å². The lowest BCUT2D eigenvalue weighted by Crippen LogP contribution is -2.40. The number of aryl methyl sites for hydroxylation is 1. The lowest BCUT2D eigenvalue weighted by molar-refractivity contribution is -0.119. The van der Waals surface area contributed by atoms with Gasteiger partial charge in [-0.05, 0) is 55.8 Å². The van der Waals surface area contributed by atoms with Crippen LogP contribution in [0.2, 0.25) is 5.02 Å². The standard InChI is InChI=1S/C25H25ClN4O4S/c1-17-8-14-22(15-9-17)35(33,34)30(24-7-5-4-6-23(24)26)16-25(32)29-28-18(2)20-10-12-21(13-11-20)27-19(3)31/h4-15H,16H2,1-3H3,(H,27,31)(H,29,32)/b28-18-. The highest BCUT2D eigenvalue weighted by molar-refractivity contribution is 7.92. The monoisotopic (exact) mass is 512 g/mol. The third kappa shape index (κ3) is 6.68. The van der Waals surface area contributed by atoms with Crippen LogP contribution < -0.4 is 15.0 Å². The number of amides is 2. The fraction of sp³-hybridized carbons (Fsp3) is 0.160. The average Bonchev–Trinajstić information content (AvgIpc) is 2.82. The molecule has 2 N–H and O–H groups in total. The van der Waals surface area contributed by atoms with Crippen LogP contribution in [0.4, 0.5) is 11.4 Å². The summed E-state index contributed by atoms with van der Waals surface area (Å²) in [6.07, 6.45) is 0. The molecule has 182 valence electrons. The summed E-state index contributed by atoms with van der Waals surface area (Å²) >= 11 is 6.28. The van der Waals surface area contributed by atoms with Crippen molar-refractivity contribution in [2.75, 3.05) is 16.2 Å². The molecule has 0 unspecified atom stereocenters. The van der Waals surface area contributed by atoms with Crippen LogP contribution in [0.1, 0.15) is 25.0 Å². The van der Waals surface area contributed by atoms with Crippen molar-refractivity contribution in [1.82, 2.24) is 5.43 Å². The molecule has 0 saturated heterocycles. The number of benzene rings is 3. The van der Waals surface area contributed by atoms with Gasteiger partial charge in [-0.15, -0.1) is 0 Å². The molecule has 3 aromatic carbocycles. The van der Waals surface area contributed by atoms with Crippen LogP contribution in [0.25, 0.3) is 0 Å². The normalized spacial score (nSPS) is 11.6. The smallest absolute Gasteiger partial charge is 0.264 e. The van der Waals surface area contributed by atoms with Gasteiger partial charge in [-0.25, -0.2) is 13.8 Å². The molecule has 0 aliphatic rings. The molecule has 0 bridgehead atoms. The van der Waals surface area contributed by atoms with E-state index in [4.69, 9.17) is 11.6 Å².